The highest BCUT2D eigenvalue weighted by atomic mass is 15.3. The van der Waals surface area contributed by atoms with Crippen LogP contribution in [-0.4, -0.2) is 51.3 Å². The third kappa shape index (κ3) is 4.28. The molecule has 1 aliphatic heterocycles. The summed E-state index contributed by atoms with van der Waals surface area (Å²) in [7, 11) is 3.93. The van der Waals surface area contributed by atoms with Crippen molar-refractivity contribution in [1.82, 2.24) is 24.6 Å². The van der Waals surface area contributed by atoms with Gasteiger partial charge in [-0.3, -0.25) is 9.58 Å². The van der Waals surface area contributed by atoms with E-state index in [9.17, 15) is 0 Å². The average Bonchev–Trinajstić information content (AvgIpc) is 3.08. The number of rotatable bonds is 6. The Labute approximate surface area is 138 Å². The third-order valence-electron chi connectivity index (χ3n) is 4.48. The largest absolute Gasteiger partial charge is 0.347 e. The van der Waals surface area contributed by atoms with Crippen LogP contribution in [-0.2, 0) is 13.1 Å². The van der Waals surface area contributed by atoms with Crippen LogP contribution in [0.2, 0.25) is 0 Å². The minimum atomic E-state index is 0.626. The monoisotopic (exact) mass is 314 g/mol. The van der Waals surface area contributed by atoms with Crippen molar-refractivity contribution in [2.45, 2.75) is 44.8 Å². The van der Waals surface area contributed by atoms with Crippen molar-refractivity contribution in [2.24, 2.45) is 0 Å². The number of aromatic nitrogens is 4. The molecular weight excluding hydrogens is 288 g/mol. The number of aryl methyl sites for hydroxylation is 1. The van der Waals surface area contributed by atoms with Crippen LogP contribution in [0.25, 0.3) is 0 Å². The summed E-state index contributed by atoms with van der Waals surface area (Å²) in [5.74, 6) is 0.766. The van der Waals surface area contributed by atoms with E-state index in [1.165, 1.54) is 31.4 Å². The summed E-state index contributed by atoms with van der Waals surface area (Å²) >= 11 is 0. The normalized spacial score (nSPS) is 19.0. The smallest absolute Gasteiger partial charge is 0.224 e. The lowest BCUT2D eigenvalue weighted by atomic mass is 9.99. The van der Waals surface area contributed by atoms with Gasteiger partial charge in [0.25, 0.3) is 0 Å². The quantitative estimate of drug-likeness (QED) is 0.818. The van der Waals surface area contributed by atoms with Gasteiger partial charge < -0.3 is 4.90 Å². The van der Waals surface area contributed by atoms with E-state index in [1.54, 1.807) is 0 Å². The number of nitrogens with zero attached hydrogens (tertiary/aromatic N) is 6. The zero-order valence-electron chi connectivity index (χ0n) is 14.1. The van der Waals surface area contributed by atoms with Crippen molar-refractivity contribution in [3.63, 3.8) is 0 Å². The van der Waals surface area contributed by atoms with Crippen LogP contribution in [0.3, 0.4) is 0 Å². The number of hydrogen-bond donors (Lipinski definition) is 0. The molecule has 0 saturated carbocycles. The van der Waals surface area contributed by atoms with Gasteiger partial charge in [-0.1, -0.05) is 6.42 Å². The van der Waals surface area contributed by atoms with E-state index in [-0.39, 0.29) is 0 Å². The molecule has 0 aromatic carbocycles. The average molecular weight is 314 g/mol. The Morgan fingerprint density at radius 2 is 2.04 bits per heavy atom. The Hall–Kier alpha value is -1.95. The fourth-order valence-electron chi connectivity index (χ4n) is 3.20. The topological polar surface area (TPSA) is 50.1 Å². The van der Waals surface area contributed by atoms with Crippen molar-refractivity contribution < 1.29 is 0 Å². The van der Waals surface area contributed by atoms with Gasteiger partial charge in [-0.05, 0) is 31.9 Å². The molecule has 2 aromatic heterocycles. The summed E-state index contributed by atoms with van der Waals surface area (Å²) in [5, 5.41) is 4.31. The van der Waals surface area contributed by atoms with E-state index < -0.39 is 0 Å². The van der Waals surface area contributed by atoms with E-state index >= 15 is 0 Å². The molecule has 0 bridgehead atoms. The molecule has 23 heavy (non-hydrogen) atoms. The highest BCUT2D eigenvalue weighted by Crippen LogP contribution is 2.22. The van der Waals surface area contributed by atoms with Crippen molar-refractivity contribution in [1.29, 1.82) is 0 Å². The molecule has 0 unspecified atom stereocenters. The number of anilines is 1. The second kappa shape index (κ2) is 7.55. The lowest BCUT2D eigenvalue weighted by Crippen LogP contribution is -2.39. The van der Waals surface area contributed by atoms with Gasteiger partial charge in [0, 0.05) is 63.6 Å². The molecule has 3 heterocycles. The Morgan fingerprint density at radius 1 is 1.22 bits per heavy atom. The minimum Gasteiger partial charge on any atom is -0.347 e. The van der Waals surface area contributed by atoms with Gasteiger partial charge in [0.1, 0.15) is 0 Å². The predicted molar refractivity (Wildman–Crippen MR) is 91.3 cm³/mol. The number of hydrogen-bond acceptors (Lipinski definition) is 5. The van der Waals surface area contributed by atoms with Crippen LogP contribution in [0.15, 0.2) is 30.9 Å². The molecule has 1 atom stereocenters. The summed E-state index contributed by atoms with van der Waals surface area (Å²) < 4.78 is 2.03. The Bertz CT molecular complexity index is 578. The maximum absolute atomic E-state index is 4.43. The summed E-state index contributed by atoms with van der Waals surface area (Å²) in [6, 6.07) is 2.61. The minimum absolute atomic E-state index is 0.626. The predicted octanol–water partition coefficient (Wildman–Crippen LogP) is 2.18. The first-order chi connectivity index (χ1) is 11.2. The highest BCUT2D eigenvalue weighted by molar-refractivity contribution is 5.26. The third-order valence-corrected chi connectivity index (χ3v) is 4.48. The fraction of sp³-hybridized carbons (Fsp3) is 0.588. The molecule has 124 valence electrons. The second-order valence-corrected chi connectivity index (χ2v) is 6.46. The Kier molecular flexibility index (Phi) is 5.23. The van der Waals surface area contributed by atoms with E-state index in [2.05, 4.69) is 20.0 Å². The summed E-state index contributed by atoms with van der Waals surface area (Å²) in [6.45, 7) is 3.10. The molecule has 1 fully saturated rings. The van der Waals surface area contributed by atoms with Gasteiger partial charge in [-0.15, -0.1) is 0 Å². The van der Waals surface area contributed by atoms with Crippen molar-refractivity contribution in [3.05, 3.63) is 36.4 Å². The molecule has 2 aromatic rings. The molecule has 6 heteroatoms. The summed E-state index contributed by atoms with van der Waals surface area (Å²) in [5.41, 5.74) is 1.20. The maximum atomic E-state index is 4.43. The zero-order valence-corrected chi connectivity index (χ0v) is 14.1. The zero-order chi connectivity index (χ0) is 16.1. The molecule has 3 rings (SSSR count). The van der Waals surface area contributed by atoms with Gasteiger partial charge in [-0.25, -0.2) is 9.97 Å². The molecule has 0 spiro atoms. The molecule has 0 amide bonds. The SMILES string of the molecule is CN(C)c1ncc(CN2CCCC[C@@H]2CCn2cccn2)cn1. The summed E-state index contributed by atoms with van der Waals surface area (Å²) in [4.78, 5) is 13.4. The van der Waals surface area contributed by atoms with Gasteiger partial charge in [-0.2, -0.15) is 5.10 Å². The van der Waals surface area contributed by atoms with Gasteiger partial charge in [0.2, 0.25) is 5.95 Å². The van der Waals surface area contributed by atoms with Crippen molar-refractivity contribution in [3.8, 4) is 0 Å². The molecule has 0 aliphatic carbocycles. The first-order valence-corrected chi connectivity index (χ1v) is 8.42. The standard InChI is InChI=1S/C17H26N6/c1-21(2)17-18-12-15(13-19-17)14-22-9-4-3-6-16(22)7-11-23-10-5-8-20-23/h5,8,10,12-13,16H,3-4,6-7,9,11,14H2,1-2H3/t16-/m1/s1. The van der Waals surface area contributed by atoms with E-state index in [1.807, 2.05) is 54.5 Å². The van der Waals surface area contributed by atoms with Crippen LogP contribution < -0.4 is 4.90 Å². The van der Waals surface area contributed by atoms with E-state index in [0.29, 0.717) is 6.04 Å². The lowest BCUT2D eigenvalue weighted by Gasteiger charge is -2.35. The number of likely N-dealkylation sites (tertiary alicyclic amines) is 1. The molecule has 0 N–H and O–H groups in total. The molecule has 0 radical (unpaired) electrons. The Balaban J connectivity index is 1.59. The first kappa shape index (κ1) is 15.9. The van der Waals surface area contributed by atoms with Crippen LogP contribution in [0, 0.1) is 0 Å². The molecule has 6 nitrogen and oxygen atoms in total. The number of piperidine rings is 1. The highest BCUT2D eigenvalue weighted by Gasteiger charge is 2.22. The van der Waals surface area contributed by atoms with Crippen LogP contribution in [0.5, 0.6) is 0 Å². The van der Waals surface area contributed by atoms with E-state index in [4.69, 9.17) is 0 Å². The molecule has 1 aliphatic rings. The van der Waals surface area contributed by atoms with E-state index in [0.717, 1.165) is 25.5 Å². The summed E-state index contributed by atoms with van der Waals surface area (Å²) in [6.07, 6.45) is 12.9. The maximum Gasteiger partial charge on any atom is 0.224 e. The van der Waals surface area contributed by atoms with Crippen LogP contribution >= 0.6 is 0 Å². The van der Waals surface area contributed by atoms with Crippen molar-refractivity contribution >= 4 is 5.95 Å². The molecule has 1 saturated heterocycles. The molecular formula is C17H26N6. The first-order valence-electron chi connectivity index (χ1n) is 8.42. The van der Waals surface area contributed by atoms with Gasteiger partial charge in [0.15, 0.2) is 0 Å². The fourth-order valence-corrected chi connectivity index (χ4v) is 3.20. The Morgan fingerprint density at radius 3 is 2.74 bits per heavy atom. The second-order valence-electron chi connectivity index (χ2n) is 6.46. The van der Waals surface area contributed by atoms with Gasteiger partial charge >= 0.3 is 0 Å². The van der Waals surface area contributed by atoms with Crippen LogP contribution in [0.1, 0.15) is 31.2 Å². The van der Waals surface area contributed by atoms with Crippen LogP contribution in [0.4, 0.5) is 5.95 Å². The lowest BCUT2D eigenvalue weighted by molar-refractivity contribution is 0.127. The van der Waals surface area contributed by atoms with Gasteiger partial charge in [0.05, 0.1) is 0 Å². The van der Waals surface area contributed by atoms with Crippen molar-refractivity contribution in [2.75, 3.05) is 25.5 Å².